The normalized spacial score (nSPS) is 31.5. The first kappa shape index (κ1) is 21.3. The smallest absolute Gasteiger partial charge is 0.318 e. The van der Waals surface area contributed by atoms with E-state index in [4.69, 9.17) is 0 Å². The van der Waals surface area contributed by atoms with E-state index in [1.54, 1.807) is 0 Å². The monoisotopic (exact) mass is 425 g/mol. The molecule has 4 heteroatoms. The molecule has 172 valence electrons. The minimum absolute atomic E-state index is 0. The van der Waals surface area contributed by atoms with Crippen LogP contribution >= 0.6 is 0 Å². The largest absolute Gasteiger partial charge is 0.331 e. The Hall–Kier alpha value is -1.55. The van der Waals surface area contributed by atoms with Crippen LogP contribution in [0.1, 0.15) is 91.2 Å². The summed E-state index contributed by atoms with van der Waals surface area (Å²) in [6.45, 7) is 10.9. The molecule has 1 unspecified atom stereocenters. The molecule has 1 saturated heterocycles. The zero-order valence-electron chi connectivity index (χ0n) is 19.9. The van der Waals surface area contributed by atoms with Gasteiger partial charge >= 0.3 is 6.03 Å². The van der Waals surface area contributed by atoms with Gasteiger partial charge < -0.3 is 15.1 Å². The van der Waals surface area contributed by atoms with Crippen molar-refractivity contribution >= 4 is 6.03 Å². The maximum atomic E-state index is 13.2. The van der Waals surface area contributed by atoms with Gasteiger partial charge in [0.05, 0.1) is 6.04 Å². The lowest BCUT2D eigenvalue weighted by atomic mass is 9.73. The number of hydrogen-bond acceptors (Lipinski definition) is 2. The SMILES string of the molecule is CC(C)N(C(=O)N[C@H]1CC2(CCN(C3C[C@H]4CC[C@@H]3C4)CC2)c2ccccc21)C(C)C.[HH]. The van der Waals surface area contributed by atoms with Crippen molar-refractivity contribution in [3.8, 4) is 0 Å². The standard InChI is InChI=1S/C27H41N3O.H2/c1-18(2)30(19(3)4)26(31)28-24-17-27(23-8-6-5-7-22(23)24)11-13-29(14-12-27)25-16-20-9-10-21(25)15-20;/h5-8,18-21,24-25H,9-17H2,1-4H3,(H,28,31);1H/t20-,21+,24-,25?;/m0./s1. The summed E-state index contributed by atoms with van der Waals surface area (Å²) in [7, 11) is 0. The molecule has 3 aliphatic carbocycles. The fourth-order valence-electron chi connectivity index (χ4n) is 7.73. The van der Waals surface area contributed by atoms with Crippen LogP contribution in [0.2, 0.25) is 0 Å². The van der Waals surface area contributed by atoms with Crippen LogP contribution in [-0.4, -0.2) is 47.0 Å². The van der Waals surface area contributed by atoms with Gasteiger partial charge in [-0.15, -0.1) is 0 Å². The fourth-order valence-corrected chi connectivity index (χ4v) is 7.73. The van der Waals surface area contributed by atoms with Crippen LogP contribution in [0.5, 0.6) is 0 Å². The van der Waals surface area contributed by atoms with E-state index >= 15 is 0 Å². The highest BCUT2D eigenvalue weighted by Crippen LogP contribution is 2.53. The van der Waals surface area contributed by atoms with E-state index in [-0.39, 0.29) is 31.0 Å². The summed E-state index contributed by atoms with van der Waals surface area (Å²) in [5.74, 6) is 1.99. The Morgan fingerprint density at radius 2 is 1.81 bits per heavy atom. The molecule has 3 fully saturated rings. The van der Waals surface area contributed by atoms with Gasteiger partial charge in [0.25, 0.3) is 0 Å². The third-order valence-electron chi connectivity index (χ3n) is 9.07. The second-order valence-electron chi connectivity index (χ2n) is 11.4. The Kier molecular flexibility index (Phi) is 5.57. The first-order chi connectivity index (χ1) is 14.9. The van der Waals surface area contributed by atoms with Crippen molar-refractivity contribution in [3.63, 3.8) is 0 Å². The second kappa shape index (κ2) is 8.10. The number of carbonyl (C=O) groups is 1. The third-order valence-corrected chi connectivity index (χ3v) is 9.07. The van der Waals surface area contributed by atoms with E-state index in [2.05, 4.69) is 62.2 Å². The van der Waals surface area contributed by atoms with Crippen LogP contribution < -0.4 is 5.32 Å². The van der Waals surface area contributed by atoms with Crippen LogP contribution in [0.3, 0.4) is 0 Å². The molecule has 1 spiro atoms. The zero-order chi connectivity index (χ0) is 21.8. The molecule has 5 rings (SSSR count). The van der Waals surface area contributed by atoms with Gasteiger partial charge in [0.15, 0.2) is 0 Å². The quantitative estimate of drug-likeness (QED) is 0.669. The van der Waals surface area contributed by atoms with Crippen molar-refractivity contribution in [2.24, 2.45) is 11.8 Å². The number of piperidine rings is 1. The highest BCUT2D eigenvalue weighted by atomic mass is 16.2. The summed E-state index contributed by atoms with van der Waals surface area (Å²) in [5, 5.41) is 3.43. The number of likely N-dealkylation sites (tertiary alicyclic amines) is 1. The topological polar surface area (TPSA) is 35.6 Å². The molecule has 1 aliphatic heterocycles. The van der Waals surface area contributed by atoms with Gasteiger partial charge in [0.1, 0.15) is 0 Å². The van der Waals surface area contributed by atoms with Gasteiger partial charge in [-0.1, -0.05) is 30.7 Å². The van der Waals surface area contributed by atoms with Crippen molar-refractivity contribution in [1.29, 1.82) is 0 Å². The molecule has 4 atom stereocenters. The summed E-state index contributed by atoms with van der Waals surface area (Å²) in [5.41, 5.74) is 3.11. The molecule has 2 bridgehead atoms. The van der Waals surface area contributed by atoms with Crippen molar-refractivity contribution in [3.05, 3.63) is 35.4 Å². The van der Waals surface area contributed by atoms with Gasteiger partial charge in [-0.05, 0) is 102 Å². The van der Waals surface area contributed by atoms with Crippen molar-refractivity contribution in [2.75, 3.05) is 13.1 Å². The number of rotatable bonds is 4. The summed E-state index contributed by atoms with van der Waals surface area (Å²) in [6.07, 6.45) is 9.43. The van der Waals surface area contributed by atoms with E-state index in [9.17, 15) is 4.79 Å². The lowest BCUT2D eigenvalue weighted by Crippen LogP contribution is -2.49. The Balaban J connectivity index is 0.00000245. The molecule has 0 radical (unpaired) electrons. The molecule has 1 N–H and O–H groups in total. The van der Waals surface area contributed by atoms with Gasteiger partial charge in [-0.2, -0.15) is 0 Å². The molecular formula is C27H43N3O. The Bertz CT molecular complexity index is 809. The van der Waals surface area contributed by atoms with Gasteiger partial charge in [-0.3, -0.25) is 0 Å². The molecule has 2 amide bonds. The van der Waals surface area contributed by atoms with E-state index in [0.717, 1.165) is 24.3 Å². The third kappa shape index (κ3) is 3.69. The van der Waals surface area contributed by atoms with Crippen LogP contribution in [-0.2, 0) is 5.41 Å². The summed E-state index contributed by atoms with van der Waals surface area (Å²) >= 11 is 0. The number of nitrogens with zero attached hydrogens (tertiary/aromatic N) is 2. The lowest BCUT2D eigenvalue weighted by Gasteiger charge is -2.44. The van der Waals surface area contributed by atoms with Crippen LogP contribution in [0.15, 0.2) is 24.3 Å². The van der Waals surface area contributed by atoms with Crippen LogP contribution in [0.25, 0.3) is 0 Å². The van der Waals surface area contributed by atoms with E-state index in [0.29, 0.717) is 0 Å². The molecule has 4 aliphatic rings. The first-order valence-electron chi connectivity index (χ1n) is 12.8. The highest BCUT2D eigenvalue weighted by molar-refractivity contribution is 5.75. The lowest BCUT2D eigenvalue weighted by molar-refractivity contribution is 0.0809. The zero-order valence-corrected chi connectivity index (χ0v) is 19.9. The molecule has 1 aromatic rings. The molecule has 31 heavy (non-hydrogen) atoms. The van der Waals surface area contributed by atoms with Gasteiger partial charge in [0, 0.05) is 25.0 Å². The number of carbonyl (C=O) groups excluding carboxylic acids is 1. The summed E-state index contributed by atoms with van der Waals surface area (Å²) in [4.78, 5) is 18.0. The minimum Gasteiger partial charge on any atom is -0.331 e. The van der Waals surface area contributed by atoms with Crippen LogP contribution in [0.4, 0.5) is 4.79 Å². The highest BCUT2D eigenvalue weighted by Gasteiger charge is 2.49. The average Bonchev–Trinajstić information content (AvgIpc) is 3.43. The molecule has 2 saturated carbocycles. The number of benzene rings is 1. The second-order valence-corrected chi connectivity index (χ2v) is 11.4. The van der Waals surface area contributed by atoms with Crippen molar-refractivity contribution in [2.45, 2.75) is 102 Å². The molecule has 1 aromatic carbocycles. The maximum absolute atomic E-state index is 13.2. The van der Waals surface area contributed by atoms with Crippen molar-refractivity contribution < 1.29 is 6.22 Å². The van der Waals surface area contributed by atoms with Gasteiger partial charge in [0.2, 0.25) is 0 Å². The molecule has 4 nitrogen and oxygen atoms in total. The Labute approximate surface area is 190 Å². The molecule has 1 heterocycles. The number of fused-ring (bicyclic) bond motifs is 4. The predicted molar refractivity (Wildman–Crippen MR) is 128 cm³/mol. The summed E-state index contributed by atoms with van der Waals surface area (Å²) in [6, 6.07) is 10.4. The van der Waals surface area contributed by atoms with Crippen molar-refractivity contribution in [1.82, 2.24) is 15.1 Å². The number of hydrogen-bond donors (Lipinski definition) is 1. The molecule has 0 aromatic heterocycles. The van der Waals surface area contributed by atoms with E-state index < -0.39 is 0 Å². The Morgan fingerprint density at radius 3 is 2.42 bits per heavy atom. The summed E-state index contributed by atoms with van der Waals surface area (Å²) < 4.78 is 0. The average molecular weight is 426 g/mol. The number of nitrogens with one attached hydrogen (secondary N) is 1. The van der Waals surface area contributed by atoms with Crippen LogP contribution in [0, 0.1) is 11.8 Å². The van der Waals surface area contributed by atoms with Gasteiger partial charge in [-0.25, -0.2) is 4.79 Å². The minimum atomic E-state index is 0. The maximum Gasteiger partial charge on any atom is 0.318 e. The van der Waals surface area contributed by atoms with E-state index in [1.165, 1.54) is 62.7 Å². The Morgan fingerprint density at radius 1 is 1.10 bits per heavy atom. The fraction of sp³-hybridized carbons (Fsp3) is 0.741. The molecular weight excluding hydrogens is 382 g/mol. The number of amides is 2. The number of urea groups is 1. The first-order valence-corrected chi connectivity index (χ1v) is 12.8. The predicted octanol–water partition coefficient (Wildman–Crippen LogP) is 5.73. The van der Waals surface area contributed by atoms with E-state index in [1.807, 2.05) is 4.90 Å².